The first-order valence-corrected chi connectivity index (χ1v) is 3.86. The van der Waals surface area contributed by atoms with Crippen molar-refractivity contribution in [2.45, 2.75) is 0 Å². The Balaban J connectivity index is 2.40. The first-order chi connectivity index (χ1) is 5.86. The third-order valence-electron chi connectivity index (χ3n) is 1.78. The second-order valence-electron chi connectivity index (χ2n) is 2.72. The Morgan fingerprint density at radius 3 is 2.67 bits per heavy atom. The summed E-state index contributed by atoms with van der Waals surface area (Å²) >= 11 is 0. The van der Waals surface area contributed by atoms with Crippen LogP contribution in [0.5, 0.6) is 0 Å². The molecule has 0 spiro atoms. The maximum atomic E-state index is 4.23. The second-order valence-corrected chi connectivity index (χ2v) is 2.72. The Labute approximate surface area is 71.8 Å². The van der Waals surface area contributed by atoms with Gasteiger partial charge in [0.05, 0.1) is 5.69 Å². The van der Waals surface area contributed by atoms with Gasteiger partial charge in [0.2, 0.25) is 0 Å². The summed E-state index contributed by atoms with van der Waals surface area (Å²) in [4.78, 5) is 4.23. The Morgan fingerprint density at radius 2 is 2.08 bits per heavy atom. The maximum absolute atomic E-state index is 4.23. The predicted octanol–water partition coefficient (Wildman–Crippen LogP) is 2.59. The minimum absolute atomic E-state index is 1.01. The van der Waals surface area contributed by atoms with Crippen LogP contribution in [0.15, 0.2) is 54.8 Å². The molecule has 58 valence electrons. The zero-order valence-electron chi connectivity index (χ0n) is 6.70. The summed E-state index contributed by atoms with van der Waals surface area (Å²) in [5, 5.41) is 0. The van der Waals surface area contributed by atoms with Crippen LogP contribution in [0.25, 0.3) is 5.57 Å². The SMILES string of the molecule is C=C1C=CC(c2ccccn2)=C1. The summed E-state index contributed by atoms with van der Waals surface area (Å²) in [5.74, 6) is 0. The van der Waals surface area contributed by atoms with Crippen LogP contribution in [0.4, 0.5) is 0 Å². The fourth-order valence-corrected chi connectivity index (χ4v) is 1.19. The van der Waals surface area contributed by atoms with Crippen molar-refractivity contribution >= 4 is 5.57 Å². The third-order valence-corrected chi connectivity index (χ3v) is 1.78. The van der Waals surface area contributed by atoms with Crippen LogP contribution in [-0.2, 0) is 0 Å². The van der Waals surface area contributed by atoms with Crippen molar-refractivity contribution in [2.75, 3.05) is 0 Å². The molecule has 0 N–H and O–H groups in total. The fraction of sp³-hybridized carbons (Fsp3) is 0. The van der Waals surface area contributed by atoms with E-state index in [-0.39, 0.29) is 0 Å². The van der Waals surface area contributed by atoms with Crippen LogP contribution in [0.2, 0.25) is 0 Å². The summed E-state index contributed by atoms with van der Waals surface area (Å²) < 4.78 is 0. The topological polar surface area (TPSA) is 12.9 Å². The molecule has 1 heteroatoms. The van der Waals surface area contributed by atoms with Crippen molar-refractivity contribution in [1.29, 1.82) is 0 Å². The lowest BCUT2D eigenvalue weighted by Gasteiger charge is -1.95. The van der Waals surface area contributed by atoms with E-state index in [1.54, 1.807) is 6.20 Å². The summed E-state index contributed by atoms with van der Waals surface area (Å²) in [6.45, 7) is 3.84. The van der Waals surface area contributed by atoms with E-state index in [4.69, 9.17) is 0 Å². The monoisotopic (exact) mass is 155 g/mol. The van der Waals surface area contributed by atoms with E-state index in [1.807, 2.05) is 36.4 Å². The quantitative estimate of drug-likeness (QED) is 0.607. The van der Waals surface area contributed by atoms with Gasteiger partial charge in [0.1, 0.15) is 0 Å². The number of hydrogen-bond donors (Lipinski definition) is 0. The maximum Gasteiger partial charge on any atom is 0.0702 e. The number of pyridine rings is 1. The smallest absolute Gasteiger partial charge is 0.0702 e. The standard InChI is InChI=1S/C11H9N/c1-9-5-6-10(8-9)11-4-2-3-7-12-11/h2-8H,1H2. The van der Waals surface area contributed by atoms with Crippen molar-refractivity contribution in [2.24, 2.45) is 0 Å². The molecule has 0 fully saturated rings. The van der Waals surface area contributed by atoms with Gasteiger partial charge in [0.15, 0.2) is 0 Å². The lowest BCUT2D eigenvalue weighted by atomic mass is 10.2. The molecule has 0 radical (unpaired) electrons. The van der Waals surface area contributed by atoms with Crippen molar-refractivity contribution in [1.82, 2.24) is 4.98 Å². The molecule has 0 bridgehead atoms. The van der Waals surface area contributed by atoms with E-state index in [1.165, 1.54) is 0 Å². The highest BCUT2D eigenvalue weighted by molar-refractivity contribution is 5.78. The Hall–Kier alpha value is -1.63. The van der Waals surface area contributed by atoms with Gasteiger partial charge in [0.25, 0.3) is 0 Å². The van der Waals surface area contributed by atoms with Crippen LogP contribution in [0.1, 0.15) is 5.69 Å². The molecule has 1 aliphatic rings. The van der Waals surface area contributed by atoms with E-state index >= 15 is 0 Å². The summed E-state index contributed by atoms with van der Waals surface area (Å²) in [5.41, 5.74) is 3.18. The molecule has 0 atom stereocenters. The van der Waals surface area contributed by atoms with Crippen LogP contribution in [0, 0.1) is 0 Å². The minimum atomic E-state index is 1.01. The minimum Gasteiger partial charge on any atom is -0.256 e. The average molecular weight is 155 g/mol. The van der Waals surface area contributed by atoms with Gasteiger partial charge >= 0.3 is 0 Å². The Morgan fingerprint density at radius 1 is 1.17 bits per heavy atom. The largest absolute Gasteiger partial charge is 0.256 e. The number of allylic oxidation sites excluding steroid dienone is 5. The summed E-state index contributed by atoms with van der Waals surface area (Å²) in [6.07, 6.45) is 7.85. The van der Waals surface area contributed by atoms with Crippen LogP contribution < -0.4 is 0 Å². The summed E-state index contributed by atoms with van der Waals surface area (Å²) in [6, 6.07) is 5.89. The number of hydrogen-bond acceptors (Lipinski definition) is 1. The van der Waals surface area contributed by atoms with Gasteiger partial charge in [-0.3, -0.25) is 4.98 Å². The van der Waals surface area contributed by atoms with Crippen molar-refractivity contribution in [3.8, 4) is 0 Å². The lowest BCUT2D eigenvalue weighted by molar-refractivity contribution is 1.28. The van der Waals surface area contributed by atoms with Gasteiger partial charge in [-0.1, -0.05) is 24.8 Å². The van der Waals surface area contributed by atoms with E-state index in [0.717, 1.165) is 16.8 Å². The molecule has 1 aromatic rings. The highest BCUT2D eigenvalue weighted by Crippen LogP contribution is 2.21. The molecule has 0 saturated carbocycles. The van der Waals surface area contributed by atoms with Gasteiger partial charge < -0.3 is 0 Å². The number of nitrogens with zero attached hydrogens (tertiary/aromatic N) is 1. The molecule has 0 aliphatic heterocycles. The molecule has 2 rings (SSSR count). The molecule has 0 amide bonds. The lowest BCUT2D eigenvalue weighted by Crippen LogP contribution is -1.82. The normalized spacial score (nSPS) is 15.0. The number of aromatic nitrogens is 1. The molecular weight excluding hydrogens is 146 g/mol. The van der Waals surface area contributed by atoms with Gasteiger partial charge in [-0.05, 0) is 23.8 Å². The van der Waals surface area contributed by atoms with E-state index in [9.17, 15) is 0 Å². The molecule has 1 aliphatic carbocycles. The molecule has 0 unspecified atom stereocenters. The highest BCUT2D eigenvalue weighted by atomic mass is 14.7. The molecule has 1 nitrogen and oxygen atoms in total. The zero-order valence-corrected chi connectivity index (χ0v) is 6.70. The molecule has 0 saturated heterocycles. The number of rotatable bonds is 1. The van der Waals surface area contributed by atoms with E-state index in [0.29, 0.717) is 0 Å². The predicted molar refractivity (Wildman–Crippen MR) is 50.5 cm³/mol. The highest BCUT2D eigenvalue weighted by Gasteiger charge is 2.02. The first kappa shape index (κ1) is 7.04. The second kappa shape index (κ2) is 2.78. The molecular formula is C11H9N. The first-order valence-electron chi connectivity index (χ1n) is 3.86. The van der Waals surface area contributed by atoms with Gasteiger partial charge in [0, 0.05) is 11.8 Å². The molecule has 1 heterocycles. The third kappa shape index (κ3) is 1.21. The molecule has 1 aromatic heterocycles. The van der Waals surface area contributed by atoms with E-state index < -0.39 is 0 Å². The van der Waals surface area contributed by atoms with Crippen molar-refractivity contribution in [3.05, 3.63) is 60.5 Å². The van der Waals surface area contributed by atoms with Crippen LogP contribution >= 0.6 is 0 Å². The van der Waals surface area contributed by atoms with Gasteiger partial charge in [-0.2, -0.15) is 0 Å². The molecule has 12 heavy (non-hydrogen) atoms. The van der Waals surface area contributed by atoms with Crippen molar-refractivity contribution < 1.29 is 0 Å². The summed E-state index contributed by atoms with van der Waals surface area (Å²) in [7, 11) is 0. The van der Waals surface area contributed by atoms with Crippen LogP contribution in [-0.4, -0.2) is 4.98 Å². The van der Waals surface area contributed by atoms with Crippen molar-refractivity contribution in [3.63, 3.8) is 0 Å². The van der Waals surface area contributed by atoms with Gasteiger partial charge in [-0.15, -0.1) is 0 Å². The van der Waals surface area contributed by atoms with Crippen LogP contribution in [0.3, 0.4) is 0 Å². The Kier molecular flexibility index (Phi) is 1.63. The zero-order chi connectivity index (χ0) is 8.39. The van der Waals surface area contributed by atoms with Gasteiger partial charge in [-0.25, -0.2) is 0 Å². The average Bonchev–Trinajstić information content (AvgIpc) is 2.54. The Bertz CT molecular complexity index is 358. The van der Waals surface area contributed by atoms with E-state index in [2.05, 4.69) is 11.6 Å². The molecule has 0 aromatic carbocycles. The fourth-order valence-electron chi connectivity index (χ4n) is 1.19.